The van der Waals surface area contributed by atoms with Gasteiger partial charge in [-0.3, -0.25) is 14.4 Å². The lowest BCUT2D eigenvalue weighted by molar-refractivity contribution is -0.141. The first kappa shape index (κ1) is 22.6. The van der Waals surface area contributed by atoms with E-state index in [4.69, 9.17) is 10.2 Å². The van der Waals surface area contributed by atoms with Crippen LogP contribution in [0.1, 0.15) is 24.8 Å². The number of amides is 1. The van der Waals surface area contributed by atoms with Gasteiger partial charge in [-0.15, -0.1) is 7.92 Å². The SMILES string of the molecule is O=C(O)CCP(CCC(=O)O)CCC(=O)NC(Cc1ccccc1)C(=O)O. The Hall–Kier alpha value is -2.47. The number of carboxylic acid groups (broad SMARTS) is 3. The predicted octanol–water partition coefficient (Wildman–Crippen LogP) is 1.62. The van der Waals surface area contributed by atoms with Crippen molar-refractivity contribution < 1.29 is 34.5 Å². The van der Waals surface area contributed by atoms with Crippen LogP contribution < -0.4 is 5.32 Å². The third-order valence-corrected chi connectivity index (χ3v) is 6.42. The second-order valence-electron chi connectivity index (χ2n) is 6.03. The van der Waals surface area contributed by atoms with Crippen molar-refractivity contribution in [2.24, 2.45) is 0 Å². The molecule has 1 atom stereocenters. The van der Waals surface area contributed by atoms with Gasteiger partial charge in [0.1, 0.15) is 6.04 Å². The molecule has 0 fully saturated rings. The van der Waals surface area contributed by atoms with Gasteiger partial charge in [-0.2, -0.15) is 0 Å². The van der Waals surface area contributed by atoms with Crippen LogP contribution in [0.15, 0.2) is 30.3 Å². The molecular formula is C18H24NO7P. The number of carboxylic acids is 3. The molecule has 148 valence electrons. The fourth-order valence-electron chi connectivity index (χ4n) is 2.42. The zero-order valence-electron chi connectivity index (χ0n) is 14.8. The monoisotopic (exact) mass is 397 g/mol. The van der Waals surface area contributed by atoms with Gasteiger partial charge in [0.2, 0.25) is 5.91 Å². The third kappa shape index (κ3) is 10.3. The summed E-state index contributed by atoms with van der Waals surface area (Å²) in [6.07, 6.45) is 1.13. The second-order valence-corrected chi connectivity index (χ2v) is 8.71. The minimum atomic E-state index is -1.13. The summed E-state index contributed by atoms with van der Waals surface area (Å²) in [6.45, 7) is 0. The van der Waals surface area contributed by atoms with Crippen molar-refractivity contribution in [3.05, 3.63) is 35.9 Å². The summed E-state index contributed by atoms with van der Waals surface area (Å²) in [5.74, 6) is -3.49. The quantitative estimate of drug-likeness (QED) is 0.371. The number of benzene rings is 1. The maximum atomic E-state index is 12.1. The molecule has 1 aromatic rings. The number of hydrogen-bond donors (Lipinski definition) is 4. The Morgan fingerprint density at radius 2 is 1.37 bits per heavy atom. The largest absolute Gasteiger partial charge is 0.481 e. The van der Waals surface area contributed by atoms with Crippen LogP contribution in [0, 0.1) is 0 Å². The van der Waals surface area contributed by atoms with Crippen molar-refractivity contribution in [3.8, 4) is 0 Å². The molecule has 8 nitrogen and oxygen atoms in total. The van der Waals surface area contributed by atoms with E-state index in [-0.39, 0.29) is 25.7 Å². The van der Waals surface area contributed by atoms with Crippen molar-refractivity contribution in [2.75, 3.05) is 18.5 Å². The van der Waals surface area contributed by atoms with Crippen molar-refractivity contribution in [1.29, 1.82) is 0 Å². The summed E-state index contributed by atoms with van der Waals surface area (Å²) in [7, 11) is -0.917. The Labute approximate surface area is 158 Å². The molecule has 1 rings (SSSR count). The van der Waals surface area contributed by atoms with Gasteiger partial charge >= 0.3 is 17.9 Å². The molecule has 0 heterocycles. The van der Waals surface area contributed by atoms with Crippen molar-refractivity contribution in [1.82, 2.24) is 5.32 Å². The average Bonchev–Trinajstić information content (AvgIpc) is 2.60. The normalized spacial score (nSPS) is 11.7. The summed E-state index contributed by atoms with van der Waals surface area (Å²) < 4.78 is 0. The first-order valence-electron chi connectivity index (χ1n) is 8.50. The van der Waals surface area contributed by atoms with Gasteiger partial charge in [0, 0.05) is 25.7 Å². The van der Waals surface area contributed by atoms with Crippen LogP contribution >= 0.6 is 7.92 Å². The van der Waals surface area contributed by atoms with Crippen LogP contribution in [0.25, 0.3) is 0 Å². The molecule has 1 unspecified atom stereocenters. The molecule has 0 spiro atoms. The summed E-state index contributed by atoms with van der Waals surface area (Å²) >= 11 is 0. The fraction of sp³-hybridized carbons (Fsp3) is 0.444. The van der Waals surface area contributed by atoms with Crippen LogP contribution in [0.2, 0.25) is 0 Å². The molecule has 9 heteroatoms. The van der Waals surface area contributed by atoms with Crippen LogP contribution in [0.5, 0.6) is 0 Å². The van der Waals surface area contributed by atoms with Gasteiger partial charge in [0.25, 0.3) is 0 Å². The van der Waals surface area contributed by atoms with Crippen molar-refractivity contribution in [3.63, 3.8) is 0 Å². The summed E-state index contributed by atoms with van der Waals surface area (Å²) in [6, 6.07) is 7.89. The molecule has 0 aromatic heterocycles. The Balaban J connectivity index is 2.55. The predicted molar refractivity (Wildman–Crippen MR) is 100 cm³/mol. The van der Waals surface area contributed by atoms with Gasteiger partial charge in [0.05, 0.1) is 0 Å². The first-order chi connectivity index (χ1) is 12.8. The molecular weight excluding hydrogens is 373 g/mol. The smallest absolute Gasteiger partial charge is 0.326 e. The van der Waals surface area contributed by atoms with Gasteiger partial charge in [-0.05, 0) is 24.0 Å². The first-order valence-corrected chi connectivity index (χ1v) is 10.4. The van der Waals surface area contributed by atoms with E-state index < -0.39 is 37.8 Å². The van der Waals surface area contributed by atoms with Gasteiger partial charge < -0.3 is 20.6 Å². The van der Waals surface area contributed by atoms with Crippen molar-refractivity contribution in [2.45, 2.75) is 31.7 Å². The number of aliphatic carboxylic acids is 3. The molecule has 0 radical (unpaired) electrons. The standard InChI is InChI=1S/C18H24NO7P/c20-15(6-9-27(10-7-16(21)22)11-8-17(23)24)19-14(18(25)26)12-13-4-2-1-3-5-13/h1-5,14H,6-12H2,(H,19,20)(H,21,22)(H,23,24)(H,25,26). The molecule has 0 saturated heterocycles. The van der Waals surface area contributed by atoms with E-state index in [1.165, 1.54) is 0 Å². The van der Waals surface area contributed by atoms with E-state index >= 15 is 0 Å². The molecule has 0 saturated carbocycles. The minimum absolute atomic E-state index is 0.0452. The number of nitrogens with one attached hydrogen (secondary N) is 1. The lowest BCUT2D eigenvalue weighted by Gasteiger charge is -2.18. The van der Waals surface area contributed by atoms with Crippen LogP contribution in [0.4, 0.5) is 0 Å². The highest BCUT2D eigenvalue weighted by atomic mass is 31.1. The van der Waals surface area contributed by atoms with E-state index in [2.05, 4.69) is 5.32 Å². The molecule has 0 aliphatic rings. The highest BCUT2D eigenvalue weighted by Crippen LogP contribution is 2.37. The van der Waals surface area contributed by atoms with E-state index in [1.807, 2.05) is 6.07 Å². The molecule has 1 aromatic carbocycles. The molecule has 0 aliphatic heterocycles. The van der Waals surface area contributed by atoms with Crippen LogP contribution in [-0.4, -0.2) is 63.7 Å². The van der Waals surface area contributed by atoms with Crippen LogP contribution in [0.3, 0.4) is 0 Å². The van der Waals surface area contributed by atoms with Gasteiger partial charge in [-0.1, -0.05) is 30.3 Å². The molecule has 0 aliphatic carbocycles. The van der Waals surface area contributed by atoms with E-state index in [1.54, 1.807) is 24.3 Å². The summed E-state index contributed by atoms with van der Waals surface area (Å²) in [4.78, 5) is 45.0. The Morgan fingerprint density at radius 1 is 0.852 bits per heavy atom. The Bertz CT molecular complexity index is 632. The summed E-state index contributed by atoms with van der Waals surface area (Å²) in [5.41, 5.74) is 0.787. The zero-order chi connectivity index (χ0) is 20.2. The molecule has 1 amide bonds. The Morgan fingerprint density at radius 3 is 1.85 bits per heavy atom. The topological polar surface area (TPSA) is 141 Å². The second kappa shape index (κ2) is 12.0. The minimum Gasteiger partial charge on any atom is -0.481 e. The van der Waals surface area contributed by atoms with Crippen molar-refractivity contribution >= 4 is 31.7 Å². The lowest BCUT2D eigenvalue weighted by atomic mass is 10.1. The van der Waals surface area contributed by atoms with Crippen LogP contribution in [-0.2, 0) is 25.6 Å². The Kier molecular flexibility index (Phi) is 10.0. The average molecular weight is 397 g/mol. The maximum Gasteiger partial charge on any atom is 0.326 e. The third-order valence-electron chi connectivity index (χ3n) is 3.85. The number of hydrogen-bond acceptors (Lipinski definition) is 4. The van der Waals surface area contributed by atoms with Gasteiger partial charge in [-0.25, -0.2) is 4.79 Å². The number of rotatable bonds is 13. The van der Waals surface area contributed by atoms with E-state index in [0.29, 0.717) is 18.5 Å². The molecule has 0 bridgehead atoms. The lowest BCUT2D eigenvalue weighted by Crippen LogP contribution is -2.42. The zero-order valence-corrected chi connectivity index (χ0v) is 15.7. The molecule has 27 heavy (non-hydrogen) atoms. The number of carbonyl (C=O) groups excluding carboxylic acids is 1. The van der Waals surface area contributed by atoms with E-state index in [9.17, 15) is 24.3 Å². The highest BCUT2D eigenvalue weighted by Gasteiger charge is 2.21. The van der Waals surface area contributed by atoms with Gasteiger partial charge in [0.15, 0.2) is 0 Å². The van der Waals surface area contributed by atoms with E-state index in [0.717, 1.165) is 5.56 Å². The molecule has 4 N–H and O–H groups in total. The highest BCUT2D eigenvalue weighted by molar-refractivity contribution is 7.57. The number of carbonyl (C=O) groups is 4. The summed E-state index contributed by atoms with van der Waals surface area (Å²) in [5, 5.41) is 29.4. The fourth-order valence-corrected chi connectivity index (χ4v) is 4.62. The maximum absolute atomic E-state index is 12.1.